The number of benzene rings is 1. The fourth-order valence-corrected chi connectivity index (χ4v) is 2.47. The second kappa shape index (κ2) is 9.61. The lowest BCUT2D eigenvalue weighted by molar-refractivity contribution is -0.120. The number of pyridine rings is 1. The molecule has 0 aliphatic rings. The Hall–Kier alpha value is -1.82. The molecule has 0 saturated heterocycles. The summed E-state index contributed by atoms with van der Waals surface area (Å²) < 4.78 is 5.66. The minimum atomic E-state index is -0.907. The van der Waals surface area contributed by atoms with Crippen molar-refractivity contribution in [2.45, 2.75) is 38.8 Å². The van der Waals surface area contributed by atoms with E-state index in [1.165, 1.54) is 0 Å². The number of nitrogens with one attached hydrogen (secondary N) is 1. The van der Waals surface area contributed by atoms with Crippen LogP contribution in [0.25, 0.3) is 0 Å². The molecule has 3 N–H and O–H groups in total. The standard InChI is InChI=1S/C18H22ClN3O2.ClH/c1-3-9-18(2,20)17(23)22-13-7-8-16(15(19)11-13)24-12-14-6-4-5-10-21-14;/h4-8,10-11H,3,9,12,20H2,1-2H3,(H,22,23);1H. The first-order valence-corrected chi connectivity index (χ1v) is 8.23. The van der Waals surface area contributed by atoms with Crippen LogP contribution in [0, 0.1) is 0 Å². The van der Waals surface area contributed by atoms with Crippen LogP contribution in [0.15, 0.2) is 42.6 Å². The summed E-state index contributed by atoms with van der Waals surface area (Å²) in [5, 5.41) is 3.21. The van der Waals surface area contributed by atoms with Gasteiger partial charge in [0.15, 0.2) is 0 Å². The molecule has 2 rings (SSSR count). The number of hydrogen-bond donors (Lipinski definition) is 2. The van der Waals surface area contributed by atoms with Crippen molar-refractivity contribution >= 4 is 35.6 Å². The molecule has 2 aromatic rings. The number of amides is 1. The second-order valence-electron chi connectivity index (χ2n) is 5.88. The number of anilines is 1. The predicted octanol–water partition coefficient (Wildman–Crippen LogP) is 4.19. The number of hydrogen-bond acceptors (Lipinski definition) is 4. The molecule has 0 aliphatic carbocycles. The molecular formula is C18H23Cl2N3O2. The molecule has 1 amide bonds. The fraction of sp³-hybridized carbons (Fsp3) is 0.333. The molecule has 0 bridgehead atoms. The maximum Gasteiger partial charge on any atom is 0.244 e. The van der Waals surface area contributed by atoms with Crippen LogP contribution in [0.3, 0.4) is 0 Å². The van der Waals surface area contributed by atoms with Gasteiger partial charge in [-0.1, -0.05) is 31.0 Å². The van der Waals surface area contributed by atoms with Gasteiger partial charge in [0.2, 0.25) is 5.91 Å². The van der Waals surface area contributed by atoms with Crippen molar-refractivity contribution in [3.8, 4) is 5.75 Å². The third-order valence-electron chi connectivity index (χ3n) is 3.58. The van der Waals surface area contributed by atoms with Crippen LogP contribution >= 0.6 is 24.0 Å². The van der Waals surface area contributed by atoms with Crippen LogP contribution in [-0.4, -0.2) is 16.4 Å². The van der Waals surface area contributed by atoms with Crippen LogP contribution in [0.2, 0.25) is 5.02 Å². The van der Waals surface area contributed by atoms with E-state index >= 15 is 0 Å². The van der Waals surface area contributed by atoms with Gasteiger partial charge in [-0.3, -0.25) is 9.78 Å². The molecule has 1 atom stereocenters. The second-order valence-corrected chi connectivity index (χ2v) is 6.28. The Morgan fingerprint density at radius 1 is 1.36 bits per heavy atom. The number of nitrogens with zero attached hydrogens (tertiary/aromatic N) is 1. The summed E-state index contributed by atoms with van der Waals surface area (Å²) in [6, 6.07) is 10.7. The average Bonchev–Trinajstić information content (AvgIpc) is 2.55. The van der Waals surface area contributed by atoms with Crippen molar-refractivity contribution in [1.29, 1.82) is 0 Å². The van der Waals surface area contributed by atoms with E-state index in [4.69, 9.17) is 22.1 Å². The Balaban J connectivity index is 0.00000312. The van der Waals surface area contributed by atoms with Gasteiger partial charge in [0.05, 0.1) is 16.3 Å². The predicted molar refractivity (Wildman–Crippen MR) is 103 cm³/mol. The third kappa shape index (κ3) is 6.20. The summed E-state index contributed by atoms with van der Waals surface area (Å²) in [5.74, 6) is 0.298. The van der Waals surface area contributed by atoms with Gasteiger partial charge >= 0.3 is 0 Å². The minimum Gasteiger partial charge on any atom is -0.486 e. The highest BCUT2D eigenvalue weighted by Crippen LogP contribution is 2.28. The first kappa shape index (κ1) is 21.2. The first-order valence-electron chi connectivity index (χ1n) is 7.85. The minimum absolute atomic E-state index is 0. The zero-order valence-electron chi connectivity index (χ0n) is 14.3. The molecule has 1 unspecified atom stereocenters. The van der Waals surface area contributed by atoms with Crippen molar-refractivity contribution in [1.82, 2.24) is 4.98 Å². The largest absolute Gasteiger partial charge is 0.486 e. The number of ether oxygens (including phenoxy) is 1. The van der Waals surface area contributed by atoms with Gasteiger partial charge in [-0.05, 0) is 43.7 Å². The number of nitrogens with two attached hydrogens (primary N) is 1. The highest BCUT2D eigenvalue weighted by molar-refractivity contribution is 6.32. The third-order valence-corrected chi connectivity index (χ3v) is 3.87. The number of aromatic nitrogens is 1. The maximum absolute atomic E-state index is 12.2. The van der Waals surface area contributed by atoms with Crippen LogP contribution in [-0.2, 0) is 11.4 Å². The van der Waals surface area contributed by atoms with E-state index in [0.717, 1.165) is 12.1 Å². The van der Waals surface area contributed by atoms with Crippen molar-refractivity contribution in [3.63, 3.8) is 0 Å². The van der Waals surface area contributed by atoms with Crippen molar-refractivity contribution < 1.29 is 9.53 Å². The smallest absolute Gasteiger partial charge is 0.244 e. The normalized spacial score (nSPS) is 12.6. The van der Waals surface area contributed by atoms with Crippen molar-refractivity contribution in [2.24, 2.45) is 5.73 Å². The van der Waals surface area contributed by atoms with E-state index in [2.05, 4.69) is 10.3 Å². The Labute approximate surface area is 159 Å². The Morgan fingerprint density at radius 2 is 2.12 bits per heavy atom. The lowest BCUT2D eigenvalue weighted by Gasteiger charge is -2.23. The highest BCUT2D eigenvalue weighted by Gasteiger charge is 2.27. The molecule has 1 heterocycles. The number of carbonyl (C=O) groups is 1. The van der Waals surface area contributed by atoms with Gasteiger partial charge in [-0.2, -0.15) is 0 Å². The Bertz CT molecular complexity index is 694. The molecule has 5 nitrogen and oxygen atoms in total. The summed E-state index contributed by atoms with van der Waals surface area (Å²) in [7, 11) is 0. The zero-order valence-corrected chi connectivity index (χ0v) is 15.9. The van der Waals surface area contributed by atoms with E-state index in [-0.39, 0.29) is 18.3 Å². The summed E-state index contributed by atoms with van der Waals surface area (Å²) >= 11 is 6.23. The topological polar surface area (TPSA) is 77.2 Å². The Kier molecular flexibility index (Phi) is 8.16. The van der Waals surface area contributed by atoms with Crippen molar-refractivity contribution in [3.05, 3.63) is 53.3 Å². The SMILES string of the molecule is CCCC(C)(N)C(=O)Nc1ccc(OCc2ccccn2)c(Cl)c1.Cl. The number of halogens is 2. The molecule has 1 aromatic heterocycles. The Morgan fingerprint density at radius 3 is 2.72 bits per heavy atom. The molecule has 0 radical (unpaired) electrons. The molecule has 0 saturated carbocycles. The van der Waals surface area contributed by atoms with Crippen LogP contribution in [0.4, 0.5) is 5.69 Å². The van der Waals surface area contributed by atoms with Gasteiger partial charge in [-0.15, -0.1) is 12.4 Å². The molecule has 136 valence electrons. The summed E-state index contributed by atoms with van der Waals surface area (Å²) in [5.41, 5.74) is 6.51. The summed E-state index contributed by atoms with van der Waals surface area (Å²) in [4.78, 5) is 16.4. The molecule has 0 spiro atoms. The first-order chi connectivity index (χ1) is 11.4. The fourth-order valence-electron chi connectivity index (χ4n) is 2.24. The van der Waals surface area contributed by atoms with E-state index < -0.39 is 5.54 Å². The van der Waals surface area contributed by atoms with Crippen LogP contribution < -0.4 is 15.8 Å². The highest BCUT2D eigenvalue weighted by atomic mass is 35.5. The monoisotopic (exact) mass is 383 g/mol. The average molecular weight is 384 g/mol. The lowest BCUT2D eigenvalue weighted by atomic mass is 9.96. The van der Waals surface area contributed by atoms with Crippen molar-refractivity contribution in [2.75, 3.05) is 5.32 Å². The van der Waals surface area contributed by atoms with Crippen LogP contribution in [0.1, 0.15) is 32.4 Å². The quantitative estimate of drug-likeness (QED) is 0.750. The summed E-state index contributed by atoms with van der Waals surface area (Å²) in [6.07, 6.45) is 3.15. The molecular weight excluding hydrogens is 361 g/mol. The maximum atomic E-state index is 12.2. The lowest BCUT2D eigenvalue weighted by Crippen LogP contribution is -2.48. The number of carbonyl (C=O) groups excluding carboxylic acids is 1. The van der Waals surface area contributed by atoms with E-state index in [1.54, 1.807) is 31.3 Å². The van der Waals surface area contributed by atoms with E-state index in [9.17, 15) is 4.79 Å². The van der Waals surface area contributed by atoms with Crippen LogP contribution in [0.5, 0.6) is 5.75 Å². The van der Waals surface area contributed by atoms with E-state index in [1.807, 2.05) is 25.1 Å². The molecule has 1 aromatic carbocycles. The summed E-state index contributed by atoms with van der Waals surface area (Å²) in [6.45, 7) is 4.03. The zero-order chi connectivity index (χ0) is 17.6. The van der Waals surface area contributed by atoms with Gasteiger partial charge in [0.1, 0.15) is 12.4 Å². The number of rotatable bonds is 7. The van der Waals surface area contributed by atoms with Gasteiger partial charge in [-0.25, -0.2) is 0 Å². The van der Waals surface area contributed by atoms with Gasteiger partial charge in [0.25, 0.3) is 0 Å². The molecule has 0 aliphatic heterocycles. The van der Waals surface area contributed by atoms with Gasteiger partial charge < -0.3 is 15.8 Å². The van der Waals surface area contributed by atoms with E-state index in [0.29, 0.717) is 29.5 Å². The molecule has 0 fully saturated rings. The van der Waals surface area contributed by atoms with Gasteiger partial charge in [0, 0.05) is 11.9 Å². The molecule has 7 heteroatoms. The molecule has 25 heavy (non-hydrogen) atoms.